The van der Waals surface area contributed by atoms with Crippen LogP contribution >= 0.6 is 0 Å². The molecular weight excluding hydrogens is 460 g/mol. The first kappa shape index (κ1) is 26.4. The van der Waals surface area contributed by atoms with Crippen molar-refractivity contribution in [2.24, 2.45) is 5.10 Å². The molecule has 0 heterocycles. The summed E-state index contributed by atoms with van der Waals surface area (Å²) in [5, 5.41) is 18.4. The van der Waals surface area contributed by atoms with Gasteiger partial charge in [-0.1, -0.05) is 43.3 Å². The largest absolute Gasteiger partial charge is 0.497 e. The molecule has 0 aliphatic rings. The van der Waals surface area contributed by atoms with Gasteiger partial charge in [0.15, 0.2) is 0 Å². The van der Waals surface area contributed by atoms with Crippen LogP contribution in [0.5, 0.6) is 11.5 Å². The van der Waals surface area contributed by atoms with Crippen molar-refractivity contribution < 1.29 is 19.2 Å². The van der Waals surface area contributed by atoms with Crippen molar-refractivity contribution in [3.8, 4) is 11.5 Å². The molecule has 3 aromatic carbocycles. The molecule has 3 aromatic rings. The van der Waals surface area contributed by atoms with Crippen LogP contribution in [-0.2, 0) is 4.79 Å². The summed E-state index contributed by atoms with van der Waals surface area (Å²) in [5.41, 5.74) is 4.78. The highest BCUT2D eigenvalue weighted by molar-refractivity contribution is 5.86. The minimum Gasteiger partial charge on any atom is -0.497 e. The first-order valence-corrected chi connectivity index (χ1v) is 11.5. The lowest BCUT2D eigenvalue weighted by Gasteiger charge is -2.28. The molecule has 0 aliphatic heterocycles. The number of nitro benzene ring substituents is 1. The lowest BCUT2D eigenvalue weighted by molar-refractivity contribution is -0.385. The number of carbonyl (C=O) groups is 1. The van der Waals surface area contributed by atoms with Crippen molar-refractivity contribution in [1.82, 2.24) is 10.7 Å². The third-order valence-electron chi connectivity index (χ3n) is 5.87. The number of rotatable bonds is 12. The van der Waals surface area contributed by atoms with E-state index < -0.39 is 4.92 Å². The lowest BCUT2D eigenvalue weighted by atomic mass is 9.85. The smallest absolute Gasteiger partial charge is 0.278 e. The van der Waals surface area contributed by atoms with Gasteiger partial charge < -0.3 is 14.8 Å². The zero-order valence-electron chi connectivity index (χ0n) is 20.5. The molecule has 2 atom stereocenters. The molecular formula is C27H30N4O5. The summed E-state index contributed by atoms with van der Waals surface area (Å²) in [6.45, 7) is 2.10. The van der Waals surface area contributed by atoms with E-state index in [2.05, 4.69) is 22.8 Å². The van der Waals surface area contributed by atoms with Crippen LogP contribution in [0, 0.1) is 10.1 Å². The second-order valence-electron chi connectivity index (χ2n) is 8.03. The Morgan fingerprint density at radius 3 is 2.11 bits per heavy atom. The predicted molar refractivity (Wildman–Crippen MR) is 139 cm³/mol. The van der Waals surface area contributed by atoms with Crippen LogP contribution in [0.4, 0.5) is 5.69 Å². The molecule has 0 spiro atoms. The van der Waals surface area contributed by atoms with E-state index in [0.717, 1.165) is 29.0 Å². The van der Waals surface area contributed by atoms with Crippen LogP contribution in [0.25, 0.3) is 0 Å². The maximum atomic E-state index is 12.6. The van der Waals surface area contributed by atoms with Crippen LogP contribution in [0.2, 0.25) is 0 Å². The summed E-state index contributed by atoms with van der Waals surface area (Å²) in [7, 11) is 3.25. The Balaban J connectivity index is 1.75. The number of methoxy groups -OCH3 is 2. The Morgan fingerprint density at radius 1 is 0.972 bits per heavy atom. The average Bonchev–Trinajstić information content (AvgIpc) is 2.91. The van der Waals surface area contributed by atoms with E-state index in [1.54, 1.807) is 32.4 Å². The molecule has 3 rings (SSSR count). The summed E-state index contributed by atoms with van der Waals surface area (Å²) in [6, 6.07) is 21.7. The minimum atomic E-state index is -0.492. The maximum Gasteiger partial charge on any atom is 0.278 e. The Morgan fingerprint density at radius 2 is 1.56 bits per heavy atom. The van der Waals surface area contributed by atoms with E-state index in [0.29, 0.717) is 5.56 Å². The number of hydrazone groups is 1. The summed E-state index contributed by atoms with van der Waals surface area (Å²) >= 11 is 0. The first-order chi connectivity index (χ1) is 17.5. The highest BCUT2D eigenvalue weighted by Gasteiger charge is 2.24. The average molecular weight is 491 g/mol. The number of ether oxygens (including phenoxy) is 2. The molecule has 0 radical (unpaired) electrons. The number of carbonyl (C=O) groups excluding carboxylic acids is 1. The zero-order chi connectivity index (χ0) is 25.9. The molecule has 0 saturated heterocycles. The molecule has 0 saturated carbocycles. The van der Waals surface area contributed by atoms with E-state index in [-0.39, 0.29) is 30.1 Å². The van der Waals surface area contributed by atoms with Gasteiger partial charge in [0.2, 0.25) is 0 Å². The summed E-state index contributed by atoms with van der Waals surface area (Å²) in [4.78, 5) is 23.2. The molecule has 0 bridgehead atoms. The molecule has 0 aliphatic carbocycles. The minimum absolute atomic E-state index is 0.00241. The van der Waals surface area contributed by atoms with Crippen molar-refractivity contribution in [2.45, 2.75) is 25.3 Å². The van der Waals surface area contributed by atoms with Gasteiger partial charge >= 0.3 is 0 Å². The summed E-state index contributed by atoms with van der Waals surface area (Å²) in [6.07, 6.45) is 2.09. The van der Waals surface area contributed by atoms with Gasteiger partial charge in [-0.15, -0.1) is 0 Å². The number of para-hydroxylation sites is 1. The van der Waals surface area contributed by atoms with E-state index in [1.807, 2.05) is 48.5 Å². The first-order valence-electron chi connectivity index (χ1n) is 11.5. The Hall–Kier alpha value is -4.24. The van der Waals surface area contributed by atoms with Gasteiger partial charge in [-0.3, -0.25) is 14.9 Å². The number of amides is 1. The van der Waals surface area contributed by atoms with Crippen molar-refractivity contribution >= 4 is 17.8 Å². The van der Waals surface area contributed by atoms with Crippen molar-refractivity contribution in [2.75, 3.05) is 20.8 Å². The lowest BCUT2D eigenvalue weighted by Crippen LogP contribution is -2.36. The van der Waals surface area contributed by atoms with Gasteiger partial charge in [0.05, 0.1) is 37.5 Å². The predicted octanol–water partition coefficient (Wildman–Crippen LogP) is 4.59. The van der Waals surface area contributed by atoms with Crippen molar-refractivity contribution in [1.29, 1.82) is 0 Å². The maximum absolute atomic E-state index is 12.6. The topological polar surface area (TPSA) is 115 Å². The molecule has 9 heteroatoms. The van der Waals surface area contributed by atoms with Gasteiger partial charge in [0, 0.05) is 18.0 Å². The molecule has 0 fully saturated rings. The normalized spacial score (nSPS) is 12.6. The van der Waals surface area contributed by atoms with Crippen LogP contribution in [-0.4, -0.2) is 37.8 Å². The standard InChI is InChI=1S/C27H30N4O5/c1-4-24(19-9-13-22(35-2)14-10-19)27(20-11-15-23(36-3)16-12-20)28-18-26(32)30-29-17-21-7-5-6-8-25(21)31(33)34/h5-17,24,27-28H,4,18H2,1-3H3,(H,30,32)/b29-17+. The summed E-state index contributed by atoms with van der Waals surface area (Å²) < 4.78 is 10.6. The van der Waals surface area contributed by atoms with Crippen LogP contribution in [0.1, 0.15) is 42.0 Å². The molecule has 36 heavy (non-hydrogen) atoms. The number of nitrogens with zero attached hydrogens (tertiary/aromatic N) is 2. The van der Waals surface area contributed by atoms with Crippen molar-refractivity contribution in [3.63, 3.8) is 0 Å². The van der Waals surface area contributed by atoms with E-state index in [1.165, 1.54) is 12.3 Å². The van der Waals surface area contributed by atoms with E-state index >= 15 is 0 Å². The Kier molecular flexibility index (Phi) is 9.53. The fourth-order valence-electron chi connectivity index (χ4n) is 4.00. The fraction of sp³-hybridized carbons (Fsp3) is 0.259. The summed E-state index contributed by atoms with van der Waals surface area (Å²) in [5.74, 6) is 1.23. The molecule has 1 amide bonds. The monoisotopic (exact) mass is 490 g/mol. The SMILES string of the molecule is CCC(c1ccc(OC)cc1)C(NCC(=O)N/N=C/c1ccccc1[N+](=O)[O-])c1ccc(OC)cc1. The van der Waals surface area contributed by atoms with Crippen LogP contribution in [0.3, 0.4) is 0 Å². The molecule has 188 valence electrons. The van der Waals surface area contributed by atoms with Crippen molar-refractivity contribution in [3.05, 3.63) is 99.6 Å². The van der Waals surface area contributed by atoms with Gasteiger partial charge in [-0.2, -0.15) is 5.10 Å². The second-order valence-corrected chi connectivity index (χ2v) is 8.03. The third-order valence-corrected chi connectivity index (χ3v) is 5.87. The number of hydrogen-bond acceptors (Lipinski definition) is 7. The highest BCUT2D eigenvalue weighted by atomic mass is 16.6. The van der Waals surface area contributed by atoms with Gasteiger partial charge in [-0.25, -0.2) is 5.43 Å². The van der Waals surface area contributed by atoms with Gasteiger partial charge in [-0.05, 0) is 47.9 Å². The van der Waals surface area contributed by atoms with E-state index in [9.17, 15) is 14.9 Å². The number of nitro groups is 1. The van der Waals surface area contributed by atoms with Crippen LogP contribution < -0.4 is 20.2 Å². The Bertz CT molecular complexity index is 1180. The van der Waals surface area contributed by atoms with Gasteiger partial charge in [0.1, 0.15) is 11.5 Å². The second kappa shape index (κ2) is 13.0. The fourth-order valence-corrected chi connectivity index (χ4v) is 4.00. The van der Waals surface area contributed by atoms with E-state index in [4.69, 9.17) is 9.47 Å². The molecule has 2 N–H and O–H groups in total. The quantitative estimate of drug-likeness (QED) is 0.218. The molecule has 0 aromatic heterocycles. The number of nitrogens with one attached hydrogen (secondary N) is 2. The van der Waals surface area contributed by atoms with Crippen LogP contribution in [0.15, 0.2) is 77.9 Å². The number of benzene rings is 3. The Labute approximate surface area is 210 Å². The molecule has 2 unspecified atom stereocenters. The number of hydrogen-bond donors (Lipinski definition) is 2. The molecule has 9 nitrogen and oxygen atoms in total. The third kappa shape index (κ3) is 6.89. The zero-order valence-corrected chi connectivity index (χ0v) is 20.5. The van der Waals surface area contributed by atoms with Gasteiger partial charge in [0.25, 0.3) is 11.6 Å². The highest BCUT2D eigenvalue weighted by Crippen LogP contribution is 2.35.